The molecule has 8 heteroatoms. The van der Waals surface area contributed by atoms with Gasteiger partial charge in [0.1, 0.15) is 6.04 Å². The van der Waals surface area contributed by atoms with Gasteiger partial charge in [-0.15, -0.1) is 0 Å². The molecule has 1 heterocycles. The molecule has 2 rings (SSSR count). The van der Waals surface area contributed by atoms with Gasteiger partial charge in [0.25, 0.3) is 0 Å². The maximum Gasteiger partial charge on any atom is 0.329 e. The van der Waals surface area contributed by atoms with E-state index in [2.05, 4.69) is 4.98 Å². The quantitative estimate of drug-likeness (QED) is 0.606. The van der Waals surface area contributed by atoms with Crippen molar-refractivity contribution < 1.29 is 24.3 Å². The molecular formula is C15H19N2O5P. The van der Waals surface area contributed by atoms with Crippen molar-refractivity contribution in [2.24, 2.45) is 5.73 Å². The van der Waals surface area contributed by atoms with Crippen molar-refractivity contribution in [2.45, 2.75) is 32.5 Å². The van der Waals surface area contributed by atoms with Gasteiger partial charge in [0.15, 0.2) is 0 Å². The Kier molecular flexibility index (Phi) is 4.87. The first kappa shape index (κ1) is 17.6. The first-order valence-electron chi connectivity index (χ1n) is 6.99. The van der Waals surface area contributed by atoms with E-state index in [0.29, 0.717) is 16.8 Å². The number of hydrogen-bond donors (Lipinski definition) is 4. The summed E-state index contributed by atoms with van der Waals surface area (Å²) in [5.41, 5.74) is 8.89. The van der Waals surface area contributed by atoms with E-state index in [4.69, 9.17) is 10.8 Å². The highest BCUT2D eigenvalue weighted by Gasteiger charge is 2.22. The summed E-state index contributed by atoms with van der Waals surface area (Å²) in [5.74, 6) is -1.19. The largest absolute Gasteiger partial charge is 0.480 e. The number of hydrogen-bond acceptors (Lipinski definition) is 4. The number of benzene rings is 1. The number of carbonyl (C=O) groups is 1. The van der Waals surface area contributed by atoms with Crippen LogP contribution in [-0.4, -0.2) is 31.9 Å². The van der Waals surface area contributed by atoms with E-state index in [0.717, 1.165) is 16.5 Å². The Morgan fingerprint density at radius 1 is 1.39 bits per heavy atom. The molecule has 0 aliphatic carbocycles. The van der Waals surface area contributed by atoms with Crippen LogP contribution >= 0.6 is 7.60 Å². The van der Waals surface area contributed by atoms with Crippen LogP contribution in [-0.2, 0) is 21.9 Å². The number of carboxylic acid groups (broad SMARTS) is 1. The molecule has 0 unspecified atom stereocenters. The van der Waals surface area contributed by atoms with Gasteiger partial charge in [-0.3, -0.25) is 14.3 Å². The van der Waals surface area contributed by atoms with Crippen LogP contribution in [0.4, 0.5) is 0 Å². The molecule has 0 fully saturated rings. The number of rotatable bonds is 5. The molecule has 5 N–H and O–H groups in total. The van der Waals surface area contributed by atoms with Crippen molar-refractivity contribution >= 4 is 24.5 Å². The van der Waals surface area contributed by atoms with E-state index in [-0.39, 0.29) is 6.42 Å². The smallest absolute Gasteiger partial charge is 0.329 e. The second-order valence-electron chi connectivity index (χ2n) is 5.70. The van der Waals surface area contributed by atoms with Crippen molar-refractivity contribution in [2.75, 3.05) is 0 Å². The monoisotopic (exact) mass is 340 g/mol. The Morgan fingerprint density at radius 2 is 2.04 bits per heavy atom. The van der Waals surface area contributed by atoms with Gasteiger partial charge >= 0.3 is 13.6 Å². The summed E-state index contributed by atoms with van der Waals surface area (Å²) in [6, 6.07) is 4.23. The Hall–Kier alpha value is -1.79. The van der Waals surface area contributed by atoms with E-state index in [1.807, 2.05) is 26.0 Å². The van der Waals surface area contributed by atoms with Crippen LogP contribution in [0, 0.1) is 13.8 Å². The SMILES string of the molecule is Cc1cc2nc(C[C@@H](N)C(=O)O)c(CP(=O)(O)O)cc2cc1[14CH3]. The normalized spacial score (nSPS) is 13.3. The third-order valence-electron chi connectivity index (χ3n) is 3.71. The van der Waals surface area contributed by atoms with E-state index < -0.39 is 25.8 Å². The lowest BCUT2D eigenvalue weighted by atomic mass is 10.0. The van der Waals surface area contributed by atoms with Crippen LogP contribution in [0.15, 0.2) is 18.2 Å². The highest BCUT2D eigenvalue weighted by Crippen LogP contribution is 2.40. The molecule has 23 heavy (non-hydrogen) atoms. The first-order valence-corrected chi connectivity index (χ1v) is 8.79. The predicted octanol–water partition coefficient (Wildman–Crippen LogP) is 1.48. The van der Waals surface area contributed by atoms with Crippen LogP contribution in [0.3, 0.4) is 0 Å². The first-order chi connectivity index (χ1) is 10.6. The molecule has 0 aliphatic heterocycles. The number of nitrogens with two attached hydrogens (primary N) is 1. The third kappa shape index (κ3) is 4.36. The number of aryl methyl sites for hydroxylation is 2. The molecule has 0 radical (unpaired) electrons. The summed E-state index contributed by atoms with van der Waals surface area (Å²) >= 11 is 0. The number of fused-ring (bicyclic) bond motifs is 1. The molecular weight excluding hydrogens is 321 g/mol. The van der Waals surface area contributed by atoms with Crippen LogP contribution < -0.4 is 5.73 Å². The average molecular weight is 340 g/mol. The van der Waals surface area contributed by atoms with Crippen molar-refractivity contribution in [3.63, 3.8) is 0 Å². The zero-order valence-corrected chi connectivity index (χ0v) is 13.7. The molecule has 1 atom stereocenters. The topological polar surface area (TPSA) is 134 Å². The fourth-order valence-corrected chi connectivity index (χ4v) is 3.07. The average Bonchev–Trinajstić information content (AvgIpc) is 2.39. The molecule has 1 aromatic heterocycles. The number of aromatic nitrogens is 1. The highest BCUT2D eigenvalue weighted by atomic mass is 31.2. The zero-order chi connectivity index (χ0) is 17.4. The molecule has 0 amide bonds. The van der Waals surface area contributed by atoms with Gasteiger partial charge in [-0.05, 0) is 48.7 Å². The Balaban J connectivity index is 2.59. The molecule has 0 saturated carbocycles. The van der Waals surface area contributed by atoms with Crippen LogP contribution in [0.2, 0.25) is 0 Å². The lowest BCUT2D eigenvalue weighted by molar-refractivity contribution is -0.138. The molecule has 7 nitrogen and oxygen atoms in total. The summed E-state index contributed by atoms with van der Waals surface area (Å²) in [6.45, 7) is 3.87. The molecule has 0 saturated heterocycles. The van der Waals surface area contributed by atoms with Crippen LogP contribution in [0.5, 0.6) is 0 Å². The van der Waals surface area contributed by atoms with Gasteiger partial charge in [0, 0.05) is 17.5 Å². The minimum Gasteiger partial charge on any atom is -0.480 e. The second kappa shape index (κ2) is 6.37. The van der Waals surface area contributed by atoms with Crippen molar-refractivity contribution in [1.29, 1.82) is 0 Å². The van der Waals surface area contributed by atoms with Gasteiger partial charge in [0.2, 0.25) is 0 Å². The molecule has 124 valence electrons. The summed E-state index contributed by atoms with van der Waals surface area (Å²) in [5, 5.41) is 9.71. The van der Waals surface area contributed by atoms with Crippen molar-refractivity contribution in [3.05, 3.63) is 40.6 Å². The molecule has 1 aromatic carbocycles. The molecule has 0 spiro atoms. The third-order valence-corrected chi connectivity index (χ3v) is 4.46. The van der Waals surface area contributed by atoms with Crippen molar-refractivity contribution in [3.8, 4) is 0 Å². The minimum atomic E-state index is -4.31. The fourth-order valence-electron chi connectivity index (χ4n) is 2.36. The summed E-state index contributed by atoms with van der Waals surface area (Å²) < 4.78 is 11.3. The van der Waals surface area contributed by atoms with Gasteiger partial charge in [0.05, 0.1) is 11.7 Å². The number of aliphatic carboxylic acids is 1. The number of carboxylic acids is 1. The molecule has 2 aromatic rings. The van der Waals surface area contributed by atoms with Gasteiger partial charge in [-0.1, -0.05) is 0 Å². The molecule has 0 bridgehead atoms. The zero-order valence-electron chi connectivity index (χ0n) is 12.9. The summed E-state index contributed by atoms with van der Waals surface area (Å²) in [4.78, 5) is 33.8. The second-order valence-corrected chi connectivity index (χ2v) is 7.34. The highest BCUT2D eigenvalue weighted by molar-refractivity contribution is 7.50. The number of nitrogens with zero attached hydrogens (tertiary/aromatic N) is 1. The van der Waals surface area contributed by atoms with E-state index in [9.17, 15) is 19.1 Å². The van der Waals surface area contributed by atoms with Crippen molar-refractivity contribution in [1.82, 2.24) is 4.98 Å². The van der Waals surface area contributed by atoms with E-state index >= 15 is 0 Å². The standard InChI is InChI=1S/C15H19N2O5P/c1-8-3-10-5-11(7-23(20,21)22)14(6-12(16)15(18)19)17-13(10)4-9(8)2/h3-5,12H,6-7,16H2,1-2H3,(H,18,19)(H2,20,21,22)/t12-/m1/s1/i1+2. The maximum absolute atomic E-state index is 11.3. The summed E-state index contributed by atoms with van der Waals surface area (Å²) in [6.07, 6.45) is -0.585. The fraction of sp³-hybridized carbons (Fsp3) is 0.333. The maximum atomic E-state index is 11.3. The van der Waals surface area contributed by atoms with Crippen LogP contribution in [0.1, 0.15) is 22.4 Å². The molecule has 0 aliphatic rings. The van der Waals surface area contributed by atoms with E-state index in [1.54, 1.807) is 6.07 Å². The lowest BCUT2D eigenvalue weighted by Crippen LogP contribution is -2.33. The minimum absolute atomic E-state index is 0.0898. The Bertz CT molecular complexity index is 815. The Morgan fingerprint density at radius 3 is 2.61 bits per heavy atom. The van der Waals surface area contributed by atoms with E-state index in [1.165, 1.54) is 0 Å². The predicted molar refractivity (Wildman–Crippen MR) is 86.3 cm³/mol. The lowest BCUT2D eigenvalue weighted by Gasteiger charge is -2.14. The summed E-state index contributed by atoms with van der Waals surface area (Å²) in [7, 11) is -4.31. The number of pyridine rings is 1. The van der Waals surface area contributed by atoms with Gasteiger partial charge < -0.3 is 20.6 Å². The van der Waals surface area contributed by atoms with Crippen LogP contribution in [0.25, 0.3) is 10.9 Å². The van der Waals surface area contributed by atoms with Gasteiger partial charge in [-0.25, -0.2) is 0 Å². The Labute approximate surface area is 133 Å². The van der Waals surface area contributed by atoms with Gasteiger partial charge in [-0.2, -0.15) is 0 Å².